The Balaban J connectivity index is 1.72. The van der Waals surface area contributed by atoms with E-state index in [9.17, 15) is 19.5 Å². The lowest BCUT2D eigenvalue weighted by molar-refractivity contribution is -0.142. The topological polar surface area (TPSA) is 121 Å². The van der Waals surface area contributed by atoms with E-state index >= 15 is 0 Å². The molecule has 0 bridgehead atoms. The predicted octanol–water partition coefficient (Wildman–Crippen LogP) is 4.20. The van der Waals surface area contributed by atoms with Crippen molar-refractivity contribution in [2.45, 2.75) is 91.6 Å². The van der Waals surface area contributed by atoms with Gasteiger partial charge in [-0.3, -0.25) is 9.59 Å². The van der Waals surface area contributed by atoms with E-state index in [1.165, 1.54) is 4.90 Å². The van der Waals surface area contributed by atoms with Crippen LogP contribution in [-0.4, -0.2) is 63.2 Å². The van der Waals surface area contributed by atoms with Crippen LogP contribution in [0.1, 0.15) is 72.2 Å². The number of rotatable bonds is 6. The number of likely N-dealkylation sites (tertiary alicyclic amines) is 1. The summed E-state index contributed by atoms with van der Waals surface area (Å²) in [6.45, 7) is 14.6. The van der Waals surface area contributed by atoms with Crippen LogP contribution in [0.5, 0.6) is 0 Å². The summed E-state index contributed by atoms with van der Waals surface area (Å²) in [5.41, 5.74) is 3.39. The molecule has 38 heavy (non-hydrogen) atoms. The van der Waals surface area contributed by atoms with Gasteiger partial charge in [0.1, 0.15) is 17.7 Å². The number of ether oxygens (including phenoxy) is 1. The van der Waals surface area contributed by atoms with Gasteiger partial charge in [-0.05, 0) is 51.2 Å². The molecule has 9 nitrogen and oxygen atoms in total. The van der Waals surface area contributed by atoms with Crippen LogP contribution in [0.3, 0.4) is 0 Å². The van der Waals surface area contributed by atoms with Gasteiger partial charge < -0.3 is 25.4 Å². The summed E-state index contributed by atoms with van der Waals surface area (Å²) in [6.07, 6.45) is -1.43. The molecule has 4 atom stereocenters. The molecule has 3 rings (SSSR count). The molecule has 1 saturated heterocycles. The second-order valence-corrected chi connectivity index (χ2v) is 12.8. The van der Waals surface area contributed by atoms with E-state index in [1.54, 1.807) is 32.1 Å². The van der Waals surface area contributed by atoms with E-state index in [0.29, 0.717) is 0 Å². The van der Waals surface area contributed by atoms with Crippen molar-refractivity contribution in [2.75, 3.05) is 6.54 Å². The Morgan fingerprint density at radius 1 is 1.11 bits per heavy atom. The van der Waals surface area contributed by atoms with Crippen LogP contribution >= 0.6 is 11.3 Å². The number of thiazole rings is 1. The molecule has 2 aromatic rings. The van der Waals surface area contributed by atoms with Crippen molar-refractivity contribution in [2.24, 2.45) is 5.41 Å². The summed E-state index contributed by atoms with van der Waals surface area (Å²) < 4.78 is 5.36. The normalized spacial score (nSPS) is 19.6. The zero-order valence-electron chi connectivity index (χ0n) is 23.5. The van der Waals surface area contributed by atoms with Gasteiger partial charge in [-0.1, -0.05) is 45.0 Å². The van der Waals surface area contributed by atoms with E-state index in [0.717, 1.165) is 21.7 Å². The zero-order valence-corrected chi connectivity index (χ0v) is 24.3. The number of benzene rings is 1. The second-order valence-electron chi connectivity index (χ2n) is 12.0. The number of aromatic nitrogens is 1. The fourth-order valence-electron chi connectivity index (χ4n) is 4.44. The Hall–Kier alpha value is -2.98. The summed E-state index contributed by atoms with van der Waals surface area (Å²) in [7, 11) is 0. The Labute approximate surface area is 229 Å². The molecule has 2 heterocycles. The van der Waals surface area contributed by atoms with Crippen molar-refractivity contribution in [3.63, 3.8) is 0 Å². The molecule has 1 aromatic heterocycles. The van der Waals surface area contributed by atoms with Gasteiger partial charge in [0.25, 0.3) is 0 Å². The van der Waals surface area contributed by atoms with E-state index in [-0.39, 0.29) is 24.9 Å². The van der Waals surface area contributed by atoms with E-state index in [2.05, 4.69) is 15.6 Å². The zero-order chi connectivity index (χ0) is 28.4. The molecule has 1 aliphatic heterocycles. The maximum atomic E-state index is 13.6. The predicted molar refractivity (Wildman–Crippen MR) is 148 cm³/mol. The average molecular weight is 545 g/mol. The average Bonchev–Trinajstić information content (AvgIpc) is 3.40. The molecule has 0 saturated carbocycles. The number of aliphatic hydroxyl groups is 1. The molecular weight excluding hydrogens is 504 g/mol. The minimum absolute atomic E-state index is 0.0107. The molecule has 0 aliphatic carbocycles. The third-order valence-electron chi connectivity index (χ3n) is 6.42. The summed E-state index contributed by atoms with van der Waals surface area (Å²) in [4.78, 5) is 46.3. The highest BCUT2D eigenvalue weighted by atomic mass is 32.1. The lowest BCUT2D eigenvalue weighted by Gasteiger charge is -2.35. The number of β-amino-alcohol motifs (C(OH)–C–C–N with tert-alkyl or cyclic N) is 1. The number of hydrogen-bond donors (Lipinski definition) is 3. The van der Waals surface area contributed by atoms with Gasteiger partial charge in [0.05, 0.1) is 28.2 Å². The first kappa shape index (κ1) is 29.6. The van der Waals surface area contributed by atoms with Crippen LogP contribution < -0.4 is 10.6 Å². The number of nitrogens with one attached hydrogen (secondary N) is 2. The van der Waals surface area contributed by atoms with Gasteiger partial charge >= 0.3 is 6.09 Å². The highest BCUT2D eigenvalue weighted by Gasteiger charge is 2.45. The molecule has 3 N–H and O–H groups in total. The second kappa shape index (κ2) is 11.4. The third-order valence-corrected chi connectivity index (χ3v) is 7.39. The van der Waals surface area contributed by atoms with Crippen molar-refractivity contribution in [3.05, 3.63) is 41.0 Å². The molecule has 3 amide bonds. The van der Waals surface area contributed by atoms with Crippen LogP contribution in [0.25, 0.3) is 10.4 Å². The van der Waals surface area contributed by atoms with Gasteiger partial charge in [-0.15, -0.1) is 11.3 Å². The number of carbonyl (C=O) groups is 3. The Morgan fingerprint density at radius 2 is 1.74 bits per heavy atom. The summed E-state index contributed by atoms with van der Waals surface area (Å²) in [5, 5.41) is 16.1. The Bertz CT molecular complexity index is 1150. The number of nitrogens with zero attached hydrogens (tertiary/aromatic N) is 2. The number of aryl methyl sites for hydroxylation is 1. The van der Waals surface area contributed by atoms with Gasteiger partial charge in [0.2, 0.25) is 11.8 Å². The van der Waals surface area contributed by atoms with Crippen LogP contribution in [0.2, 0.25) is 0 Å². The van der Waals surface area contributed by atoms with Crippen molar-refractivity contribution >= 4 is 29.2 Å². The highest BCUT2D eigenvalue weighted by molar-refractivity contribution is 7.13. The lowest BCUT2D eigenvalue weighted by Crippen LogP contribution is -2.58. The minimum atomic E-state index is -0.946. The first-order valence-electron chi connectivity index (χ1n) is 12.9. The fourth-order valence-corrected chi connectivity index (χ4v) is 5.25. The smallest absolute Gasteiger partial charge is 0.408 e. The number of alkyl carbamates (subject to hydrolysis) is 1. The van der Waals surface area contributed by atoms with Crippen molar-refractivity contribution in [1.82, 2.24) is 20.5 Å². The molecule has 1 aliphatic rings. The van der Waals surface area contributed by atoms with Gasteiger partial charge in [-0.25, -0.2) is 9.78 Å². The number of hydrogen-bond acceptors (Lipinski definition) is 7. The van der Waals surface area contributed by atoms with Crippen molar-refractivity contribution in [1.29, 1.82) is 0 Å². The minimum Gasteiger partial charge on any atom is -0.444 e. The molecule has 1 aromatic carbocycles. The quantitative estimate of drug-likeness (QED) is 0.501. The summed E-state index contributed by atoms with van der Waals surface area (Å²) in [6, 6.07) is 5.82. The van der Waals surface area contributed by atoms with Crippen LogP contribution in [-0.2, 0) is 14.3 Å². The standard InChI is InChI=1S/C28H40N4O5S/c1-16(18-9-11-19(12-10-18)22-17(2)29-15-38-22)30-24(34)21-13-20(33)14-32(21)25(35)23(27(3,4)5)31-26(36)37-28(6,7)8/h9-12,15-16,20-21,23,33H,13-14H2,1-8H3,(H,30,34)(H,31,36)/t16-,20+,21-,23+/m0/s1. The van der Waals surface area contributed by atoms with Crippen LogP contribution in [0, 0.1) is 12.3 Å². The molecule has 10 heteroatoms. The first-order valence-corrected chi connectivity index (χ1v) is 13.7. The molecular formula is C28H40N4O5S. The largest absolute Gasteiger partial charge is 0.444 e. The van der Waals surface area contributed by atoms with E-state index in [1.807, 2.05) is 64.4 Å². The van der Waals surface area contributed by atoms with E-state index < -0.39 is 41.2 Å². The molecule has 0 unspecified atom stereocenters. The highest BCUT2D eigenvalue weighted by Crippen LogP contribution is 2.29. The van der Waals surface area contributed by atoms with Gasteiger partial charge in [0.15, 0.2) is 0 Å². The number of carbonyl (C=O) groups excluding carboxylic acids is 3. The molecule has 208 valence electrons. The monoisotopic (exact) mass is 544 g/mol. The van der Waals surface area contributed by atoms with Crippen LogP contribution in [0.4, 0.5) is 4.79 Å². The number of amides is 3. The van der Waals surface area contributed by atoms with Crippen LogP contribution in [0.15, 0.2) is 29.8 Å². The molecule has 1 fully saturated rings. The fraction of sp³-hybridized carbons (Fsp3) is 0.571. The lowest BCUT2D eigenvalue weighted by atomic mass is 9.85. The molecule has 0 radical (unpaired) electrons. The maximum absolute atomic E-state index is 13.6. The van der Waals surface area contributed by atoms with Crippen molar-refractivity contribution in [3.8, 4) is 10.4 Å². The van der Waals surface area contributed by atoms with E-state index in [4.69, 9.17) is 4.74 Å². The van der Waals surface area contributed by atoms with Crippen molar-refractivity contribution < 1.29 is 24.2 Å². The Kier molecular flexibility index (Phi) is 8.88. The summed E-state index contributed by atoms with van der Waals surface area (Å²) >= 11 is 1.58. The number of aliphatic hydroxyl groups excluding tert-OH is 1. The first-order chi connectivity index (χ1) is 17.6. The van der Waals surface area contributed by atoms with Gasteiger partial charge in [0, 0.05) is 13.0 Å². The summed E-state index contributed by atoms with van der Waals surface area (Å²) in [5.74, 6) is -0.785. The maximum Gasteiger partial charge on any atom is 0.408 e. The molecule has 0 spiro atoms. The van der Waals surface area contributed by atoms with Gasteiger partial charge in [-0.2, -0.15) is 0 Å². The SMILES string of the molecule is Cc1ncsc1-c1ccc([C@H](C)NC(=O)[C@@H]2C[C@@H](O)CN2C(=O)[C@@H](NC(=O)OC(C)(C)C)C(C)(C)C)cc1. The third kappa shape index (κ3) is 7.32. The Morgan fingerprint density at radius 3 is 2.26 bits per heavy atom.